The van der Waals surface area contributed by atoms with Gasteiger partial charge in [0, 0.05) is 0 Å². The molecule has 6 nitrogen and oxygen atoms in total. The van der Waals surface area contributed by atoms with E-state index >= 15 is 0 Å². The summed E-state index contributed by atoms with van der Waals surface area (Å²) < 4.78 is 0. The first-order chi connectivity index (χ1) is 23.0. The Morgan fingerprint density at radius 2 is 0.872 bits per heavy atom. The smallest absolute Gasteiger partial charge is 0.249 e. The van der Waals surface area contributed by atoms with E-state index in [-0.39, 0.29) is 0 Å². The molecule has 6 heteroatoms. The van der Waals surface area contributed by atoms with E-state index in [4.69, 9.17) is 0 Å². The second-order valence-corrected chi connectivity index (χ2v) is 14.3. The monoisotopic (exact) mass is 668 g/mol. The molecule has 47 heavy (non-hydrogen) atoms. The molecule has 0 saturated heterocycles. The normalized spacial score (nSPS) is 14.4. The number of rotatable bonds is 37. The Kier molecular flexibility index (Phi) is 35.6. The molecule has 4 atom stereocenters. The van der Waals surface area contributed by atoms with Gasteiger partial charge in [-0.1, -0.05) is 187 Å². The topological polar surface area (TPSA) is 110 Å². The lowest BCUT2D eigenvalue weighted by atomic mass is 10.00. The third kappa shape index (κ3) is 30.8. The number of hydrogen-bond acceptors (Lipinski definition) is 5. The quantitative estimate of drug-likeness (QED) is 0.0335. The number of carbonyl (C=O) groups excluding carboxylic acids is 1. The molecule has 0 fully saturated rings. The molecule has 280 valence electrons. The van der Waals surface area contributed by atoms with E-state index in [0.717, 1.165) is 38.5 Å². The van der Waals surface area contributed by atoms with Crippen LogP contribution in [0.2, 0.25) is 0 Å². The van der Waals surface area contributed by atoms with Crippen LogP contribution in [0, 0.1) is 0 Å². The lowest BCUT2D eigenvalue weighted by Crippen LogP contribution is -2.53. The first-order valence-electron chi connectivity index (χ1n) is 20.6. The third-order valence-corrected chi connectivity index (χ3v) is 9.73. The minimum atomic E-state index is -1.27. The highest BCUT2D eigenvalue weighted by atomic mass is 16.3. The zero-order chi connectivity index (χ0) is 34.6. The Labute approximate surface area is 292 Å². The first kappa shape index (κ1) is 46.0. The maximum Gasteiger partial charge on any atom is 0.249 e. The summed E-state index contributed by atoms with van der Waals surface area (Å²) in [6, 6.07) is -0.995. The zero-order valence-corrected chi connectivity index (χ0v) is 31.3. The van der Waals surface area contributed by atoms with Crippen LogP contribution >= 0.6 is 0 Å². The predicted octanol–water partition coefficient (Wildman–Crippen LogP) is 10.2. The molecule has 0 saturated carbocycles. The molecule has 0 aromatic rings. The summed E-state index contributed by atoms with van der Waals surface area (Å²) in [7, 11) is 0. The lowest BCUT2D eigenvalue weighted by molar-refractivity contribution is -0.132. The highest BCUT2D eigenvalue weighted by Crippen LogP contribution is 2.16. The Morgan fingerprint density at radius 1 is 0.511 bits per heavy atom. The number of amides is 1. The summed E-state index contributed by atoms with van der Waals surface area (Å²) in [4.78, 5) is 12.4. The molecule has 0 aromatic heterocycles. The van der Waals surface area contributed by atoms with Gasteiger partial charge in [-0.25, -0.2) is 0 Å². The summed E-state index contributed by atoms with van der Waals surface area (Å²) in [5.74, 6) is -0.593. The number of aliphatic hydroxyl groups excluding tert-OH is 4. The summed E-state index contributed by atoms with van der Waals surface area (Å²) >= 11 is 0. The van der Waals surface area contributed by atoms with Gasteiger partial charge in [0.05, 0.1) is 18.8 Å². The SMILES string of the molecule is CCCCCC/C=C/CCCC(O)C(O)C(CO)NC(=O)C(O)CCCCCCCCCCCCCCCCCCCCCCCC. The number of allylic oxidation sites excluding steroid dienone is 2. The van der Waals surface area contributed by atoms with Crippen molar-refractivity contribution in [3.63, 3.8) is 0 Å². The third-order valence-electron chi connectivity index (χ3n) is 9.73. The molecule has 0 aliphatic rings. The van der Waals surface area contributed by atoms with Gasteiger partial charge in [0.2, 0.25) is 5.91 Å². The number of hydrogen-bond donors (Lipinski definition) is 5. The van der Waals surface area contributed by atoms with Crippen LogP contribution in [0.3, 0.4) is 0 Å². The Hall–Kier alpha value is -0.950. The van der Waals surface area contributed by atoms with Crippen LogP contribution in [0.4, 0.5) is 0 Å². The van der Waals surface area contributed by atoms with Crippen molar-refractivity contribution in [3.8, 4) is 0 Å². The summed E-state index contributed by atoms with van der Waals surface area (Å²) in [6.07, 6.45) is 38.3. The minimum Gasteiger partial charge on any atom is -0.394 e. The van der Waals surface area contributed by atoms with Crippen molar-refractivity contribution in [3.05, 3.63) is 12.2 Å². The summed E-state index contributed by atoms with van der Waals surface area (Å²) in [5, 5.41) is 43.4. The number of nitrogens with one attached hydrogen (secondary N) is 1. The molecule has 1 amide bonds. The molecule has 0 aromatic carbocycles. The predicted molar refractivity (Wildman–Crippen MR) is 201 cm³/mol. The average Bonchev–Trinajstić information content (AvgIpc) is 3.07. The molecule has 0 bridgehead atoms. The molecule has 0 spiro atoms. The number of unbranched alkanes of at least 4 members (excludes halogenated alkanes) is 26. The molecular formula is C41H81NO5. The molecule has 4 unspecified atom stereocenters. The number of carbonyl (C=O) groups is 1. The molecule has 0 aliphatic heterocycles. The Morgan fingerprint density at radius 3 is 1.28 bits per heavy atom. The van der Waals surface area contributed by atoms with Gasteiger partial charge in [-0.15, -0.1) is 0 Å². The van der Waals surface area contributed by atoms with E-state index in [1.807, 2.05) is 0 Å². The van der Waals surface area contributed by atoms with Gasteiger partial charge < -0.3 is 25.7 Å². The van der Waals surface area contributed by atoms with E-state index in [9.17, 15) is 25.2 Å². The average molecular weight is 668 g/mol. The molecule has 0 heterocycles. The maximum absolute atomic E-state index is 12.4. The largest absolute Gasteiger partial charge is 0.394 e. The second-order valence-electron chi connectivity index (χ2n) is 14.3. The molecule has 0 aliphatic carbocycles. The van der Waals surface area contributed by atoms with Crippen LogP contribution in [-0.2, 0) is 4.79 Å². The fourth-order valence-electron chi connectivity index (χ4n) is 6.40. The van der Waals surface area contributed by atoms with Gasteiger partial charge in [0.15, 0.2) is 0 Å². The van der Waals surface area contributed by atoms with Gasteiger partial charge in [0.25, 0.3) is 0 Å². The van der Waals surface area contributed by atoms with Crippen molar-refractivity contribution >= 4 is 5.91 Å². The first-order valence-corrected chi connectivity index (χ1v) is 20.6. The van der Waals surface area contributed by atoms with Gasteiger partial charge in [-0.2, -0.15) is 0 Å². The van der Waals surface area contributed by atoms with Crippen LogP contribution in [0.15, 0.2) is 12.2 Å². The van der Waals surface area contributed by atoms with E-state index in [1.54, 1.807) is 0 Å². The summed E-state index contributed by atoms with van der Waals surface area (Å²) in [6.45, 7) is 3.99. The zero-order valence-electron chi connectivity index (χ0n) is 31.3. The van der Waals surface area contributed by atoms with Crippen LogP contribution < -0.4 is 5.32 Å². The molecule has 0 radical (unpaired) electrons. The van der Waals surface area contributed by atoms with E-state index in [0.29, 0.717) is 12.8 Å². The van der Waals surface area contributed by atoms with Gasteiger partial charge in [-0.3, -0.25) is 4.79 Å². The van der Waals surface area contributed by atoms with Crippen molar-refractivity contribution in [1.82, 2.24) is 5.32 Å². The molecular weight excluding hydrogens is 586 g/mol. The van der Waals surface area contributed by atoms with E-state index in [2.05, 4.69) is 31.3 Å². The van der Waals surface area contributed by atoms with Gasteiger partial charge >= 0.3 is 0 Å². The van der Waals surface area contributed by atoms with Crippen LogP contribution in [0.25, 0.3) is 0 Å². The van der Waals surface area contributed by atoms with Crippen LogP contribution in [0.5, 0.6) is 0 Å². The van der Waals surface area contributed by atoms with Gasteiger partial charge in [-0.05, 0) is 38.5 Å². The highest BCUT2D eigenvalue weighted by Gasteiger charge is 2.28. The minimum absolute atomic E-state index is 0.368. The Balaban J connectivity index is 3.67. The number of aliphatic hydroxyl groups is 4. The standard InChI is InChI=1S/C41H81NO5/c1-3-5-7-9-11-13-14-15-16-17-18-19-20-21-22-23-24-25-27-29-31-33-35-39(45)41(47)42-37(36-43)40(46)38(44)34-32-30-28-26-12-10-8-6-4-2/h26,28,37-40,43-46H,3-25,27,29-36H2,1-2H3,(H,42,47)/b28-26+. The van der Waals surface area contributed by atoms with Crippen molar-refractivity contribution in [2.24, 2.45) is 0 Å². The van der Waals surface area contributed by atoms with Crippen molar-refractivity contribution in [1.29, 1.82) is 0 Å². The van der Waals surface area contributed by atoms with Crippen molar-refractivity contribution in [2.45, 2.75) is 237 Å². The van der Waals surface area contributed by atoms with Crippen LogP contribution in [-0.4, -0.2) is 57.3 Å². The Bertz CT molecular complexity index is 672. The maximum atomic E-state index is 12.4. The second kappa shape index (κ2) is 36.3. The highest BCUT2D eigenvalue weighted by molar-refractivity contribution is 5.80. The van der Waals surface area contributed by atoms with Crippen LogP contribution in [0.1, 0.15) is 213 Å². The van der Waals surface area contributed by atoms with E-state index in [1.165, 1.54) is 148 Å². The fraction of sp³-hybridized carbons (Fsp3) is 0.927. The molecule has 5 N–H and O–H groups in total. The lowest BCUT2D eigenvalue weighted by Gasteiger charge is -2.27. The van der Waals surface area contributed by atoms with E-state index < -0.39 is 36.9 Å². The fourth-order valence-corrected chi connectivity index (χ4v) is 6.40. The van der Waals surface area contributed by atoms with Gasteiger partial charge in [0.1, 0.15) is 12.2 Å². The van der Waals surface area contributed by atoms with Crippen molar-refractivity contribution < 1.29 is 25.2 Å². The summed E-state index contributed by atoms with van der Waals surface area (Å²) in [5.41, 5.74) is 0. The van der Waals surface area contributed by atoms with Crippen molar-refractivity contribution in [2.75, 3.05) is 6.61 Å². The molecule has 0 rings (SSSR count).